The van der Waals surface area contributed by atoms with Crippen molar-refractivity contribution in [2.24, 2.45) is 0 Å². The van der Waals surface area contributed by atoms with Gasteiger partial charge in [0.15, 0.2) is 13.2 Å². The zero-order chi connectivity index (χ0) is 21.1. The van der Waals surface area contributed by atoms with Gasteiger partial charge in [-0.25, -0.2) is 4.79 Å². The van der Waals surface area contributed by atoms with E-state index in [1.807, 2.05) is 6.07 Å². The second-order valence-corrected chi connectivity index (χ2v) is 7.73. The Morgan fingerprint density at radius 3 is 2.50 bits per heavy atom. The number of esters is 1. The first-order valence-electron chi connectivity index (χ1n) is 9.78. The second kappa shape index (κ2) is 8.36. The van der Waals surface area contributed by atoms with Crippen LogP contribution < -0.4 is 15.0 Å². The molecule has 1 aliphatic carbocycles. The van der Waals surface area contributed by atoms with E-state index in [0.717, 1.165) is 12.8 Å². The highest BCUT2D eigenvalue weighted by Crippen LogP contribution is 2.45. The molecule has 8 heteroatoms. The maximum atomic E-state index is 13.1. The lowest BCUT2D eigenvalue weighted by Gasteiger charge is -2.44. The molecule has 0 saturated heterocycles. The molecule has 1 spiro atoms. The van der Waals surface area contributed by atoms with Gasteiger partial charge in [0.05, 0.1) is 16.4 Å². The first-order chi connectivity index (χ1) is 14.5. The zero-order valence-corrected chi connectivity index (χ0v) is 17.0. The summed E-state index contributed by atoms with van der Waals surface area (Å²) in [4.78, 5) is 39.6. The van der Waals surface area contributed by atoms with Crippen molar-refractivity contribution in [1.82, 2.24) is 0 Å². The number of hydrogen-bond acceptors (Lipinski definition) is 5. The summed E-state index contributed by atoms with van der Waals surface area (Å²) in [5, 5.41) is 3.29. The minimum atomic E-state index is -0.939. The van der Waals surface area contributed by atoms with Gasteiger partial charge in [-0.15, -0.1) is 0 Å². The summed E-state index contributed by atoms with van der Waals surface area (Å²) in [6, 6.07) is 13.9. The van der Waals surface area contributed by atoms with E-state index in [1.54, 1.807) is 42.5 Å². The lowest BCUT2D eigenvalue weighted by molar-refractivity contribution is -0.150. The molecule has 1 fully saturated rings. The van der Waals surface area contributed by atoms with Crippen LogP contribution in [-0.2, 0) is 19.1 Å². The average Bonchev–Trinajstić information content (AvgIpc) is 3.23. The number of fused-ring (bicyclic) bond motifs is 1. The molecule has 30 heavy (non-hydrogen) atoms. The monoisotopic (exact) mass is 428 g/mol. The molecule has 1 N–H and O–H groups in total. The van der Waals surface area contributed by atoms with Crippen molar-refractivity contribution in [2.45, 2.75) is 31.2 Å². The van der Waals surface area contributed by atoms with Crippen molar-refractivity contribution < 1.29 is 23.9 Å². The van der Waals surface area contributed by atoms with Gasteiger partial charge < -0.3 is 14.8 Å². The number of anilines is 2. The van der Waals surface area contributed by atoms with E-state index in [9.17, 15) is 14.4 Å². The molecule has 0 aromatic heterocycles. The number of nitrogens with zero attached hydrogens (tertiary/aromatic N) is 1. The molecule has 0 unspecified atom stereocenters. The number of halogens is 1. The van der Waals surface area contributed by atoms with E-state index in [-0.39, 0.29) is 12.5 Å². The maximum Gasteiger partial charge on any atom is 0.344 e. The number of carbonyl (C=O) groups is 3. The summed E-state index contributed by atoms with van der Waals surface area (Å²) < 4.78 is 10.5. The Bertz CT molecular complexity index is 987. The summed E-state index contributed by atoms with van der Waals surface area (Å²) in [7, 11) is 0. The number of benzene rings is 2. The molecule has 7 nitrogen and oxygen atoms in total. The zero-order valence-electron chi connectivity index (χ0n) is 16.2. The van der Waals surface area contributed by atoms with E-state index < -0.39 is 24.0 Å². The third-order valence-corrected chi connectivity index (χ3v) is 5.78. The predicted octanol–water partition coefficient (Wildman–Crippen LogP) is 3.56. The van der Waals surface area contributed by atoms with E-state index in [1.165, 1.54) is 4.90 Å². The third kappa shape index (κ3) is 3.73. The van der Waals surface area contributed by atoms with Crippen LogP contribution in [0, 0.1) is 0 Å². The molecule has 156 valence electrons. The van der Waals surface area contributed by atoms with E-state index in [4.69, 9.17) is 21.1 Å². The third-order valence-electron chi connectivity index (χ3n) is 5.46. The van der Waals surface area contributed by atoms with Gasteiger partial charge in [0.25, 0.3) is 11.8 Å². The van der Waals surface area contributed by atoms with Crippen molar-refractivity contribution in [1.29, 1.82) is 0 Å². The summed E-state index contributed by atoms with van der Waals surface area (Å²) in [6.45, 7) is -0.854. The number of nitrogens with one attached hydrogen (secondary N) is 1. The highest BCUT2D eigenvalue weighted by atomic mass is 35.5. The molecule has 4 rings (SSSR count). The Morgan fingerprint density at radius 2 is 1.73 bits per heavy atom. The normalized spacial score (nSPS) is 16.7. The van der Waals surface area contributed by atoms with Gasteiger partial charge in [-0.1, -0.05) is 48.7 Å². The Kier molecular flexibility index (Phi) is 5.63. The number of para-hydroxylation sites is 3. The van der Waals surface area contributed by atoms with Crippen molar-refractivity contribution in [3.8, 4) is 5.75 Å². The standard InChI is InChI=1S/C22H21ClN2O5/c23-15-7-1-4-10-18(15)29-14-20(27)30-13-19(26)25-17-9-3-2-8-16(17)24-21(28)22(25)11-5-6-12-22/h1-4,7-10H,5-6,11-14H2,(H,24,28). The van der Waals surface area contributed by atoms with Gasteiger partial charge in [-0.05, 0) is 37.1 Å². The number of ether oxygens (including phenoxy) is 2. The molecule has 0 atom stereocenters. The lowest BCUT2D eigenvalue weighted by atomic mass is 9.90. The van der Waals surface area contributed by atoms with E-state index >= 15 is 0 Å². The topological polar surface area (TPSA) is 84.9 Å². The maximum absolute atomic E-state index is 13.1. The predicted molar refractivity (Wildman–Crippen MR) is 112 cm³/mol. The molecule has 1 saturated carbocycles. The van der Waals surface area contributed by atoms with Crippen molar-refractivity contribution in [3.63, 3.8) is 0 Å². The van der Waals surface area contributed by atoms with Crippen LogP contribution in [0.25, 0.3) is 0 Å². The molecular weight excluding hydrogens is 408 g/mol. The molecule has 1 heterocycles. The van der Waals surface area contributed by atoms with Gasteiger partial charge in [0.2, 0.25) is 0 Å². The second-order valence-electron chi connectivity index (χ2n) is 7.32. The van der Waals surface area contributed by atoms with Crippen molar-refractivity contribution in [2.75, 3.05) is 23.4 Å². The van der Waals surface area contributed by atoms with Gasteiger partial charge in [0, 0.05) is 0 Å². The average molecular weight is 429 g/mol. The lowest BCUT2D eigenvalue weighted by Crippen LogP contribution is -2.61. The molecule has 0 radical (unpaired) electrons. The largest absolute Gasteiger partial charge is 0.480 e. The van der Waals surface area contributed by atoms with Crippen LogP contribution >= 0.6 is 11.6 Å². The fraction of sp³-hybridized carbons (Fsp3) is 0.318. The Balaban J connectivity index is 1.45. The molecule has 2 aliphatic rings. The van der Waals surface area contributed by atoms with Crippen molar-refractivity contribution in [3.05, 3.63) is 53.6 Å². The first kappa shape index (κ1) is 20.2. The van der Waals surface area contributed by atoms with E-state index in [0.29, 0.717) is 35.0 Å². The molecular formula is C22H21ClN2O5. The van der Waals surface area contributed by atoms with Crippen LogP contribution in [0.5, 0.6) is 5.75 Å². The quantitative estimate of drug-likeness (QED) is 0.736. The molecule has 2 aromatic carbocycles. The van der Waals surface area contributed by atoms with Gasteiger partial charge in [-0.2, -0.15) is 0 Å². The minimum Gasteiger partial charge on any atom is -0.480 e. The van der Waals surface area contributed by atoms with Crippen LogP contribution in [0.1, 0.15) is 25.7 Å². The molecule has 1 aliphatic heterocycles. The SMILES string of the molecule is O=C(COc1ccccc1Cl)OCC(=O)N1c2ccccc2NC(=O)C12CCCC2. The Morgan fingerprint density at radius 1 is 1.03 bits per heavy atom. The van der Waals surface area contributed by atoms with Crippen LogP contribution in [0.3, 0.4) is 0 Å². The van der Waals surface area contributed by atoms with Crippen LogP contribution in [0.2, 0.25) is 5.02 Å². The summed E-state index contributed by atoms with van der Waals surface area (Å²) >= 11 is 5.99. The Hall–Kier alpha value is -3.06. The molecule has 2 aromatic rings. The highest BCUT2D eigenvalue weighted by Gasteiger charge is 2.52. The Labute approximate surface area is 178 Å². The summed E-state index contributed by atoms with van der Waals surface area (Å²) in [6.07, 6.45) is 2.85. The van der Waals surface area contributed by atoms with E-state index in [2.05, 4.69) is 5.32 Å². The van der Waals surface area contributed by atoms with Gasteiger partial charge >= 0.3 is 5.97 Å². The summed E-state index contributed by atoms with van der Waals surface area (Å²) in [5.74, 6) is -0.974. The fourth-order valence-corrected chi connectivity index (χ4v) is 4.27. The fourth-order valence-electron chi connectivity index (χ4n) is 4.08. The minimum absolute atomic E-state index is 0.194. The molecule has 0 bridgehead atoms. The number of rotatable bonds is 5. The van der Waals surface area contributed by atoms with Crippen LogP contribution in [0.15, 0.2) is 48.5 Å². The van der Waals surface area contributed by atoms with Crippen LogP contribution in [0.4, 0.5) is 11.4 Å². The number of carbonyl (C=O) groups excluding carboxylic acids is 3. The molecule has 2 amide bonds. The van der Waals surface area contributed by atoms with Crippen LogP contribution in [-0.4, -0.2) is 36.5 Å². The summed E-state index contributed by atoms with van der Waals surface area (Å²) in [5.41, 5.74) is 0.250. The van der Waals surface area contributed by atoms with Gasteiger partial charge in [0.1, 0.15) is 11.3 Å². The number of hydrogen-bond donors (Lipinski definition) is 1. The first-order valence-corrected chi connectivity index (χ1v) is 10.2. The highest BCUT2D eigenvalue weighted by molar-refractivity contribution is 6.32. The number of amides is 2. The smallest absolute Gasteiger partial charge is 0.344 e. The van der Waals surface area contributed by atoms with Crippen molar-refractivity contribution >= 4 is 40.8 Å². The van der Waals surface area contributed by atoms with Gasteiger partial charge in [-0.3, -0.25) is 14.5 Å².